The quantitative estimate of drug-likeness (QED) is 0.257. The van der Waals surface area contributed by atoms with E-state index in [0.29, 0.717) is 22.5 Å². The van der Waals surface area contributed by atoms with E-state index in [0.717, 1.165) is 11.1 Å². The van der Waals surface area contributed by atoms with Gasteiger partial charge in [-0.05, 0) is 67.4 Å². The van der Waals surface area contributed by atoms with E-state index in [1.165, 1.54) is 34.1 Å². The largest absolute Gasteiger partial charge is 0.478 e. The first-order valence-electron chi connectivity index (χ1n) is 13.9. The van der Waals surface area contributed by atoms with Crippen LogP contribution in [0.5, 0.6) is 0 Å². The third-order valence-electron chi connectivity index (χ3n) is 7.33. The van der Waals surface area contributed by atoms with Crippen molar-refractivity contribution in [1.29, 1.82) is 0 Å². The number of hydrogen-bond acceptors (Lipinski definition) is 5. The lowest BCUT2D eigenvalue weighted by Crippen LogP contribution is -2.54. The summed E-state index contributed by atoms with van der Waals surface area (Å²) >= 11 is 0. The molecule has 0 saturated heterocycles. The number of carboxylic acids is 1. The summed E-state index contributed by atoms with van der Waals surface area (Å²) in [6.45, 7) is 3.10. The van der Waals surface area contributed by atoms with Crippen LogP contribution in [0.2, 0.25) is 0 Å². The van der Waals surface area contributed by atoms with Crippen LogP contribution in [-0.2, 0) is 4.79 Å². The van der Waals surface area contributed by atoms with Crippen LogP contribution in [0.25, 0.3) is 0 Å². The van der Waals surface area contributed by atoms with Gasteiger partial charge in [-0.15, -0.1) is 0 Å². The first kappa shape index (κ1) is 29.7. The minimum atomic E-state index is -1.26. The van der Waals surface area contributed by atoms with Gasteiger partial charge in [-0.25, -0.2) is 9.59 Å². The number of rotatable bonds is 7. The fraction of sp³-hybridized carbons (Fsp3) is 0.147. The van der Waals surface area contributed by atoms with E-state index >= 15 is 0 Å². The molecule has 0 fully saturated rings. The Balaban J connectivity index is 1.54. The van der Waals surface area contributed by atoms with Crippen LogP contribution < -0.4 is 20.4 Å². The Labute approximate surface area is 253 Å². The molecule has 0 saturated carbocycles. The van der Waals surface area contributed by atoms with Gasteiger partial charge in [0.2, 0.25) is 0 Å². The van der Waals surface area contributed by atoms with E-state index in [1.54, 1.807) is 54.6 Å². The normalized spacial score (nSPS) is 14.3. The molecule has 44 heavy (non-hydrogen) atoms. The van der Waals surface area contributed by atoms with Crippen LogP contribution in [0.3, 0.4) is 0 Å². The highest BCUT2D eigenvalue weighted by Crippen LogP contribution is 2.35. The van der Waals surface area contributed by atoms with Crippen molar-refractivity contribution >= 4 is 46.7 Å². The smallest absolute Gasteiger partial charge is 0.335 e. The van der Waals surface area contributed by atoms with Gasteiger partial charge in [-0.1, -0.05) is 54.6 Å². The molecule has 0 radical (unpaired) electrons. The van der Waals surface area contributed by atoms with Crippen molar-refractivity contribution in [2.24, 2.45) is 0 Å². The van der Waals surface area contributed by atoms with Gasteiger partial charge in [-0.2, -0.15) is 0 Å². The first-order chi connectivity index (χ1) is 21.1. The van der Waals surface area contributed by atoms with Gasteiger partial charge in [0.05, 0.1) is 30.0 Å². The highest BCUT2D eigenvalue weighted by molar-refractivity contribution is 6.15. The number of fused-ring (bicyclic) bond motifs is 1. The lowest BCUT2D eigenvalue weighted by molar-refractivity contribution is -0.119. The topological polar surface area (TPSA) is 136 Å². The number of amides is 4. The van der Waals surface area contributed by atoms with Gasteiger partial charge < -0.3 is 25.5 Å². The molecular weight excluding hydrogens is 560 g/mol. The molecule has 0 aromatic heterocycles. The molecule has 222 valence electrons. The number of aryl methyl sites for hydroxylation is 2. The SMILES string of the molecule is Cc1ccc2c(c1)N(CC(=O)c1ccccc1C)C(=O)C(NC(=O)Nc1cccc(C(=O)O)c1)CN2C(=O)c1ccccc1. The fourth-order valence-corrected chi connectivity index (χ4v) is 5.11. The predicted octanol–water partition coefficient (Wildman–Crippen LogP) is 5.07. The maximum atomic E-state index is 14.2. The van der Waals surface area contributed by atoms with E-state index in [2.05, 4.69) is 10.6 Å². The van der Waals surface area contributed by atoms with Gasteiger partial charge in [0, 0.05) is 16.8 Å². The van der Waals surface area contributed by atoms with Crippen LogP contribution >= 0.6 is 0 Å². The Bertz CT molecular complexity index is 1770. The highest BCUT2D eigenvalue weighted by atomic mass is 16.4. The third kappa shape index (κ3) is 6.34. The molecule has 5 rings (SSSR count). The monoisotopic (exact) mass is 590 g/mol. The minimum absolute atomic E-state index is 0.0281. The first-order valence-corrected chi connectivity index (χ1v) is 13.9. The molecule has 0 spiro atoms. The zero-order valence-corrected chi connectivity index (χ0v) is 24.1. The van der Waals surface area contributed by atoms with Crippen molar-refractivity contribution in [3.05, 3.63) is 125 Å². The number of nitrogens with zero attached hydrogens (tertiary/aromatic N) is 2. The lowest BCUT2D eigenvalue weighted by Gasteiger charge is -2.26. The van der Waals surface area contributed by atoms with Crippen LogP contribution in [0.1, 0.15) is 42.2 Å². The lowest BCUT2D eigenvalue weighted by atomic mass is 10.0. The molecule has 1 atom stereocenters. The van der Waals surface area contributed by atoms with Crippen LogP contribution in [0.4, 0.5) is 21.9 Å². The standard InChI is InChI=1S/C34H30N4O6/c1-21-15-16-28-29(17-21)38(20-30(39)26-14-7-6-9-22(26)2)32(41)27(19-37(28)31(40)23-10-4-3-5-11-23)36-34(44)35-25-13-8-12-24(18-25)33(42)43/h3-18,27H,19-20H2,1-2H3,(H,42,43)(H2,35,36,44). The molecule has 1 aliphatic heterocycles. The van der Waals surface area contributed by atoms with Crippen molar-refractivity contribution in [1.82, 2.24) is 5.32 Å². The number of aromatic carboxylic acids is 1. The Kier molecular flexibility index (Phi) is 8.52. The molecule has 10 nitrogen and oxygen atoms in total. The number of urea groups is 1. The summed E-state index contributed by atoms with van der Waals surface area (Å²) in [6, 6.07) is 24.5. The molecule has 4 amide bonds. The van der Waals surface area contributed by atoms with Crippen LogP contribution in [0.15, 0.2) is 97.1 Å². The summed E-state index contributed by atoms with van der Waals surface area (Å²) in [5.41, 5.74) is 3.34. The molecular formula is C34H30N4O6. The zero-order valence-electron chi connectivity index (χ0n) is 24.1. The minimum Gasteiger partial charge on any atom is -0.478 e. The highest BCUT2D eigenvalue weighted by Gasteiger charge is 2.38. The van der Waals surface area contributed by atoms with Crippen molar-refractivity contribution < 1.29 is 29.1 Å². The van der Waals surface area contributed by atoms with Crippen molar-refractivity contribution in [2.75, 3.05) is 28.2 Å². The summed E-state index contributed by atoms with van der Waals surface area (Å²) in [4.78, 5) is 69.0. The van der Waals surface area contributed by atoms with E-state index < -0.39 is 29.9 Å². The number of carbonyl (C=O) groups is 5. The van der Waals surface area contributed by atoms with Gasteiger partial charge in [0.1, 0.15) is 6.04 Å². The molecule has 1 unspecified atom stereocenters. The second-order valence-corrected chi connectivity index (χ2v) is 10.5. The zero-order chi connectivity index (χ0) is 31.4. The summed E-state index contributed by atoms with van der Waals surface area (Å²) in [7, 11) is 0. The van der Waals surface area contributed by atoms with Crippen LogP contribution in [-0.4, -0.2) is 53.8 Å². The van der Waals surface area contributed by atoms with Crippen LogP contribution in [0, 0.1) is 13.8 Å². The summed E-state index contributed by atoms with van der Waals surface area (Å²) in [5.74, 6) is -2.45. The molecule has 4 aromatic rings. The number of ketones is 1. The maximum absolute atomic E-state index is 14.2. The number of carbonyl (C=O) groups excluding carboxylic acids is 4. The Morgan fingerprint density at radius 2 is 1.52 bits per heavy atom. The summed E-state index contributed by atoms with van der Waals surface area (Å²) in [5, 5.41) is 14.5. The molecule has 3 N–H and O–H groups in total. The number of benzene rings is 4. The summed E-state index contributed by atoms with van der Waals surface area (Å²) in [6.07, 6.45) is 0. The Hall–Kier alpha value is -5.77. The number of hydrogen-bond donors (Lipinski definition) is 3. The van der Waals surface area contributed by atoms with Crippen molar-refractivity contribution in [3.63, 3.8) is 0 Å². The average molecular weight is 591 g/mol. The molecule has 1 heterocycles. The molecule has 0 aliphatic carbocycles. The number of anilines is 3. The van der Waals surface area contributed by atoms with Gasteiger partial charge in [-0.3, -0.25) is 14.4 Å². The molecule has 0 bridgehead atoms. The van der Waals surface area contributed by atoms with E-state index in [1.807, 2.05) is 32.0 Å². The predicted molar refractivity (Wildman–Crippen MR) is 167 cm³/mol. The maximum Gasteiger partial charge on any atom is 0.335 e. The van der Waals surface area contributed by atoms with Gasteiger partial charge in [0.25, 0.3) is 11.8 Å². The summed E-state index contributed by atoms with van der Waals surface area (Å²) < 4.78 is 0. The van der Waals surface area contributed by atoms with Crippen molar-refractivity contribution in [2.45, 2.75) is 19.9 Å². The number of Topliss-reactive ketones (excluding diaryl/α,β-unsaturated/α-hetero) is 1. The molecule has 1 aliphatic rings. The molecule has 4 aromatic carbocycles. The van der Waals surface area contributed by atoms with Crippen molar-refractivity contribution in [3.8, 4) is 0 Å². The van der Waals surface area contributed by atoms with Gasteiger partial charge >= 0.3 is 12.0 Å². The third-order valence-corrected chi connectivity index (χ3v) is 7.33. The van der Waals surface area contributed by atoms with E-state index in [9.17, 15) is 29.1 Å². The average Bonchev–Trinajstić information content (AvgIpc) is 3.11. The Morgan fingerprint density at radius 3 is 2.25 bits per heavy atom. The van der Waals surface area contributed by atoms with Gasteiger partial charge in [0.15, 0.2) is 5.78 Å². The van der Waals surface area contributed by atoms with E-state index in [4.69, 9.17) is 0 Å². The number of carboxylic acid groups (broad SMARTS) is 1. The Morgan fingerprint density at radius 1 is 0.818 bits per heavy atom. The number of nitrogens with one attached hydrogen (secondary N) is 2. The second kappa shape index (κ2) is 12.6. The fourth-order valence-electron chi connectivity index (χ4n) is 5.11. The second-order valence-electron chi connectivity index (χ2n) is 10.5. The molecule has 10 heteroatoms. The van der Waals surface area contributed by atoms with E-state index in [-0.39, 0.29) is 30.1 Å².